The van der Waals surface area contributed by atoms with Gasteiger partial charge in [0.05, 0.1) is 35.9 Å². The third-order valence-electron chi connectivity index (χ3n) is 9.74. The Hall–Kier alpha value is -3.35. The molecule has 1 spiro atoms. The number of rotatable bonds is 6. The van der Waals surface area contributed by atoms with E-state index in [9.17, 15) is 14.9 Å². The lowest BCUT2D eigenvalue weighted by molar-refractivity contribution is -0.126. The second-order valence-corrected chi connectivity index (χ2v) is 13.9. The first kappa shape index (κ1) is 29.7. The third-order valence-corrected chi connectivity index (χ3v) is 9.74. The molecule has 228 valence electrons. The maximum absolute atomic E-state index is 15.5. The highest BCUT2D eigenvalue weighted by atomic mass is 19.1. The average molecular weight is 589 g/mol. The van der Waals surface area contributed by atoms with E-state index in [1.807, 2.05) is 39.1 Å². The van der Waals surface area contributed by atoms with Gasteiger partial charge in [-0.2, -0.15) is 5.26 Å². The van der Waals surface area contributed by atoms with Crippen LogP contribution in [0, 0.1) is 29.0 Å². The number of Topliss-reactive ketones (excluding diaryl/α,β-unsaturated/α-hetero) is 1. The van der Waals surface area contributed by atoms with Crippen molar-refractivity contribution >= 4 is 11.9 Å². The van der Waals surface area contributed by atoms with Crippen molar-refractivity contribution in [2.45, 2.75) is 95.6 Å². The van der Waals surface area contributed by atoms with E-state index in [4.69, 9.17) is 9.47 Å². The molecule has 2 aromatic rings. The molecule has 1 amide bonds. The molecule has 4 heterocycles. The molecule has 3 aliphatic heterocycles. The number of carbonyl (C=O) groups excluding carboxylic acids is 2. The Morgan fingerprint density at radius 2 is 2.00 bits per heavy atom. The first-order valence-electron chi connectivity index (χ1n) is 15.5. The topological polar surface area (TPSA) is 95.8 Å². The molecular formula is C34H41FN4O4. The number of amides is 1. The summed E-state index contributed by atoms with van der Waals surface area (Å²) in [6, 6.07) is 8.67. The molecule has 4 aliphatic rings. The van der Waals surface area contributed by atoms with Crippen LogP contribution in [0.4, 0.5) is 9.18 Å². The summed E-state index contributed by atoms with van der Waals surface area (Å²) in [6.45, 7) is 7.90. The van der Waals surface area contributed by atoms with Gasteiger partial charge in [0.15, 0.2) is 5.78 Å². The van der Waals surface area contributed by atoms with Crippen LogP contribution in [0.5, 0.6) is 0 Å². The minimum Gasteiger partial charge on any atom is -0.444 e. The molecule has 0 N–H and O–H groups in total. The van der Waals surface area contributed by atoms with Crippen LogP contribution in [0.2, 0.25) is 0 Å². The number of ether oxygens (including phenoxy) is 2. The molecule has 1 aromatic carbocycles. The second kappa shape index (κ2) is 11.3. The smallest absolute Gasteiger partial charge is 0.411 e. The van der Waals surface area contributed by atoms with Crippen LogP contribution < -0.4 is 0 Å². The molecule has 1 aromatic heterocycles. The third kappa shape index (κ3) is 5.80. The molecule has 1 aliphatic carbocycles. The predicted molar refractivity (Wildman–Crippen MR) is 158 cm³/mol. The Kier molecular flexibility index (Phi) is 7.80. The normalized spacial score (nSPS) is 25.0. The van der Waals surface area contributed by atoms with Gasteiger partial charge in [-0.3, -0.25) is 14.7 Å². The number of benzene rings is 1. The number of carbonyl (C=O) groups is 2. The van der Waals surface area contributed by atoms with E-state index in [0.717, 1.165) is 56.3 Å². The molecule has 6 rings (SSSR count). The number of likely N-dealkylation sites (tertiary alicyclic amines) is 2. The van der Waals surface area contributed by atoms with Crippen LogP contribution in [0.1, 0.15) is 76.0 Å². The number of fused-ring (bicyclic) bond motifs is 4. The standard InChI is InChI=1S/C34H41FN4O4/c1-33(2,3)43-32(41)39-26-8-7-24(15-26)31(39)30(40)14-21(18-36)13-22-5-6-23(16-28(22)35)29-17-27-25(19-37-29)20-42-34(27)9-11-38(4)12-10-34/h5-6,16-17,19,21,24,26,31H,7-15,20H2,1-4H3/t21-,24+,26-,31+/m1/s1. The van der Waals surface area contributed by atoms with Gasteiger partial charge in [-0.15, -0.1) is 0 Å². The quantitative estimate of drug-likeness (QED) is 0.423. The van der Waals surface area contributed by atoms with E-state index in [1.54, 1.807) is 11.0 Å². The van der Waals surface area contributed by atoms with Crippen LogP contribution in [0.3, 0.4) is 0 Å². The number of nitrogens with zero attached hydrogens (tertiary/aromatic N) is 4. The first-order valence-corrected chi connectivity index (χ1v) is 15.5. The molecule has 2 bridgehead atoms. The zero-order chi connectivity index (χ0) is 30.5. The molecule has 1 saturated carbocycles. The SMILES string of the molecule is CN1CCC2(CC1)OCc1cnc(-c3ccc(C[C@@H](C#N)CC(=O)[C@@H]4[C@H]5CC[C@H](C5)N4C(=O)OC(C)(C)C)c(F)c3)cc12. The first-order chi connectivity index (χ1) is 20.5. The number of halogens is 1. The molecular weight excluding hydrogens is 547 g/mol. The highest BCUT2D eigenvalue weighted by Crippen LogP contribution is 2.46. The van der Waals surface area contributed by atoms with Crippen LogP contribution in [-0.4, -0.2) is 64.5 Å². The Bertz CT molecular complexity index is 1460. The van der Waals surface area contributed by atoms with Gasteiger partial charge in [0.1, 0.15) is 11.4 Å². The fourth-order valence-corrected chi connectivity index (χ4v) is 7.51. The van der Waals surface area contributed by atoms with E-state index >= 15 is 4.39 Å². The van der Waals surface area contributed by atoms with Crippen molar-refractivity contribution in [2.24, 2.45) is 11.8 Å². The number of piperidine rings is 2. The van der Waals surface area contributed by atoms with Crippen LogP contribution in [-0.2, 0) is 32.9 Å². The number of pyridine rings is 1. The Morgan fingerprint density at radius 1 is 1.23 bits per heavy atom. The van der Waals surface area contributed by atoms with E-state index < -0.39 is 29.5 Å². The number of aromatic nitrogens is 1. The molecule has 2 saturated heterocycles. The Morgan fingerprint density at radius 3 is 2.70 bits per heavy atom. The summed E-state index contributed by atoms with van der Waals surface area (Å²) < 4.78 is 27.4. The molecule has 0 unspecified atom stereocenters. The summed E-state index contributed by atoms with van der Waals surface area (Å²) in [5.41, 5.74) is 3.02. The lowest BCUT2D eigenvalue weighted by Crippen LogP contribution is -2.51. The lowest BCUT2D eigenvalue weighted by Gasteiger charge is -2.37. The highest BCUT2D eigenvalue weighted by molar-refractivity contribution is 5.89. The summed E-state index contributed by atoms with van der Waals surface area (Å²) >= 11 is 0. The summed E-state index contributed by atoms with van der Waals surface area (Å²) in [4.78, 5) is 35.0. The van der Waals surface area contributed by atoms with Gasteiger partial charge < -0.3 is 14.4 Å². The molecule has 43 heavy (non-hydrogen) atoms. The van der Waals surface area contributed by atoms with Crippen LogP contribution in [0.15, 0.2) is 30.5 Å². The van der Waals surface area contributed by atoms with Crippen molar-refractivity contribution in [3.8, 4) is 17.3 Å². The minimum atomic E-state index is -0.702. The summed E-state index contributed by atoms with van der Waals surface area (Å²) in [5.74, 6) is -1.19. The number of hydrogen-bond donors (Lipinski definition) is 0. The summed E-state index contributed by atoms with van der Waals surface area (Å²) in [6.07, 6.45) is 5.81. The monoisotopic (exact) mass is 588 g/mol. The number of ketones is 1. The lowest BCUT2D eigenvalue weighted by atomic mass is 9.83. The van der Waals surface area contributed by atoms with Gasteiger partial charge >= 0.3 is 6.09 Å². The largest absolute Gasteiger partial charge is 0.444 e. The van der Waals surface area contributed by atoms with Gasteiger partial charge in [-0.1, -0.05) is 12.1 Å². The molecule has 9 heteroatoms. The molecule has 0 radical (unpaired) electrons. The second-order valence-electron chi connectivity index (χ2n) is 13.9. The van der Waals surface area contributed by atoms with E-state index in [-0.39, 0.29) is 36.2 Å². The van der Waals surface area contributed by atoms with Crippen molar-refractivity contribution in [3.05, 3.63) is 53.0 Å². The van der Waals surface area contributed by atoms with Crippen molar-refractivity contribution in [1.82, 2.24) is 14.8 Å². The fourth-order valence-electron chi connectivity index (χ4n) is 7.51. The van der Waals surface area contributed by atoms with Gasteiger partial charge in [-0.05, 0) is 95.5 Å². The fraction of sp³-hybridized carbons (Fsp3) is 0.588. The van der Waals surface area contributed by atoms with Crippen molar-refractivity contribution in [1.29, 1.82) is 5.26 Å². The van der Waals surface area contributed by atoms with E-state index in [1.165, 1.54) is 6.07 Å². The molecule has 8 nitrogen and oxygen atoms in total. The van der Waals surface area contributed by atoms with Crippen molar-refractivity contribution < 1.29 is 23.5 Å². The summed E-state index contributed by atoms with van der Waals surface area (Å²) in [7, 11) is 2.12. The highest BCUT2D eigenvalue weighted by Gasteiger charge is 2.52. The maximum atomic E-state index is 15.5. The Balaban J connectivity index is 1.15. The van der Waals surface area contributed by atoms with Gasteiger partial charge in [0.25, 0.3) is 0 Å². The zero-order valence-corrected chi connectivity index (χ0v) is 25.6. The van der Waals surface area contributed by atoms with Crippen LogP contribution in [0.25, 0.3) is 11.3 Å². The van der Waals surface area contributed by atoms with Gasteiger partial charge in [0, 0.05) is 42.9 Å². The van der Waals surface area contributed by atoms with E-state index in [2.05, 4.69) is 23.0 Å². The zero-order valence-electron chi connectivity index (χ0n) is 25.6. The molecule has 3 fully saturated rings. The number of hydrogen-bond acceptors (Lipinski definition) is 7. The van der Waals surface area contributed by atoms with Crippen molar-refractivity contribution in [3.63, 3.8) is 0 Å². The van der Waals surface area contributed by atoms with Gasteiger partial charge in [0.2, 0.25) is 0 Å². The van der Waals surface area contributed by atoms with E-state index in [0.29, 0.717) is 23.4 Å². The minimum absolute atomic E-state index is 0.00644. The average Bonchev–Trinajstić information content (AvgIpc) is 3.68. The van der Waals surface area contributed by atoms with Gasteiger partial charge in [-0.25, -0.2) is 9.18 Å². The predicted octanol–water partition coefficient (Wildman–Crippen LogP) is 5.77. The number of nitriles is 1. The van der Waals surface area contributed by atoms with Crippen molar-refractivity contribution in [2.75, 3.05) is 20.1 Å². The van der Waals surface area contributed by atoms with Crippen LogP contribution >= 0.6 is 0 Å². The maximum Gasteiger partial charge on any atom is 0.411 e. The Labute approximate surface area is 253 Å². The molecule has 4 atom stereocenters. The summed E-state index contributed by atoms with van der Waals surface area (Å²) in [5, 5.41) is 9.93.